The molecule has 7 nitrogen and oxygen atoms in total. The van der Waals surface area contributed by atoms with Gasteiger partial charge in [0.05, 0.1) is 11.3 Å². The molecule has 0 fully saturated rings. The molecule has 0 saturated carbocycles. The van der Waals surface area contributed by atoms with Gasteiger partial charge in [0.2, 0.25) is 0 Å². The Balaban J connectivity index is 1.84. The summed E-state index contributed by atoms with van der Waals surface area (Å²) >= 11 is 0. The maximum absolute atomic E-state index is 10.7. The monoisotopic (exact) mass is 287 g/mol. The third-order valence-electron chi connectivity index (χ3n) is 2.76. The highest BCUT2D eigenvalue weighted by Gasteiger charge is 2.03. The van der Waals surface area contributed by atoms with Crippen LogP contribution in [0.1, 0.15) is 6.42 Å². The molecule has 0 unspecified atom stereocenters. The van der Waals surface area contributed by atoms with Crippen LogP contribution in [-0.2, 0) is 6.54 Å². The number of nitrogens with zero attached hydrogens (tertiary/aromatic N) is 3. The zero-order valence-electron chi connectivity index (χ0n) is 11.5. The summed E-state index contributed by atoms with van der Waals surface area (Å²) in [5.74, 6) is 0.372. The summed E-state index contributed by atoms with van der Waals surface area (Å²) in [4.78, 5) is 14.1. The summed E-state index contributed by atoms with van der Waals surface area (Å²) in [6, 6.07) is 9.32. The van der Waals surface area contributed by atoms with Crippen LogP contribution in [0.2, 0.25) is 0 Å². The average Bonchev–Trinajstić information content (AvgIpc) is 2.97. The van der Waals surface area contributed by atoms with Gasteiger partial charge in [-0.15, -0.1) is 0 Å². The summed E-state index contributed by atoms with van der Waals surface area (Å²) in [6.45, 7) is 1.43. The summed E-state index contributed by atoms with van der Waals surface area (Å²) in [7, 11) is 0. The molecule has 0 aliphatic rings. The van der Waals surface area contributed by atoms with E-state index in [1.807, 2.05) is 41.1 Å². The van der Waals surface area contributed by atoms with Gasteiger partial charge in [0.25, 0.3) is 6.20 Å². The highest BCUT2D eigenvalue weighted by Crippen LogP contribution is 2.07. The maximum atomic E-state index is 10.7. The van der Waals surface area contributed by atoms with Crippen LogP contribution in [-0.4, -0.2) is 21.0 Å². The minimum Gasteiger partial charge on any atom is -0.366 e. The van der Waals surface area contributed by atoms with Crippen molar-refractivity contribution < 1.29 is 4.92 Å². The first kappa shape index (κ1) is 14.6. The molecular formula is C14H17N5O2. The van der Waals surface area contributed by atoms with Crippen molar-refractivity contribution in [3.63, 3.8) is 0 Å². The van der Waals surface area contributed by atoms with Gasteiger partial charge in [0, 0.05) is 31.2 Å². The number of aryl methyl sites for hydroxylation is 1. The number of benzene rings is 1. The lowest BCUT2D eigenvalue weighted by Crippen LogP contribution is -2.22. The van der Waals surface area contributed by atoms with Crippen molar-refractivity contribution in [1.82, 2.24) is 14.9 Å². The number of nitrogens with one attached hydrogen (secondary N) is 2. The van der Waals surface area contributed by atoms with Gasteiger partial charge in [-0.25, -0.2) is 4.98 Å². The number of para-hydroxylation sites is 1. The highest BCUT2D eigenvalue weighted by molar-refractivity contribution is 5.47. The van der Waals surface area contributed by atoms with Crippen LogP contribution < -0.4 is 10.6 Å². The van der Waals surface area contributed by atoms with Crippen molar-refractivity contribution in [2.75, 3.05) is 11.9 Å². The summed E-state index contributed by atoms with van der Waals surface area (Å²) in [5, 5.41) is 16.7. The Kier molecular flexibility index (Phi) is 5.33. The van der Waals surface area contributed by atoms with Gasteiger partial charge < -0.3 is 15.2 Å². The summed E-state index contributed by atoms with van der Waals surface area (Å²) in [6.07, 6.45) is 7.13. The topological polar surface area (TPSA) is 85.0 Å². The van der Waals surface area contributed by atoms with Gasteiger partial charge in [-0.2, -0.15) is 0 Å². The van der Waals surface area contributed by atoms with E-state index in [0.29, 0.717) is 12.4 Å². The molecule has 0 aliphatic heterocycles. The Hall–Kier alpha value is -2.83. The van der Waals surface area contributed by atoms with Crippen LogP contribution >= 0.6 is 0 Å². The van der Waals surface area contributed by atoms with E-state index in [0.717, 1.165) is 24.9 Å². The number of rotatable bonds is 8. The largest absolute Gasteiger partial charge is 0.366 e. The van der Waals surface area contributed by atoms with Crippen molar-refractivity contribution in [3.05, 3.63) is 71.2 Å². The Labute approximate surface area is 122 Å². The Bertz CT molecular complexity index is 581. The lowest BCUT2D eigenvalue weighted by molar-refractivity contribution is -0.403. The molecule has 0 radical (unpaired) electrons. The van der Waals surface area contributed by atoms with E-state index in [9.17, 15) is 10.1 Å². The SMILES string of the molecule is O=[N+]([O-])/C=C(\NCCCn1ccnc1)Nc1ccccc1. The first-order chi connectivity index (χ1) is 10.2. The smallest absolute Gasteiger partial charge is 0.274 e. The van der Waals surface area contributed by atoms with Crippen molar-refractivity contribution in [3.8, 4) is 0 Å². The van der Waals surface area contributed by atoms with E-state index in [1.165, 1.54) is 0 Å². The van der Waals surface area contributed by atoms with Crippen molar-refractivity contribution in [2.24, 2.45) is 0 Å². The number of hydrogen-bond donors (Lipinski definition) is 2. The zero-order valence-corrected chi connectivity index (χ0v) is 11.5. The van der Waals surface area contributed by atoms with E-state index in [4.69, 9.17) is 0 Å². The molecule has 1 aromatic carbocycles. The van der Waals surface area contributed by atoms with E-state index in [1.54, 1.807) is 12.5 Å². The fourth-order valence-electron chi connectivity index (χ4n) is 1.81. The highest BCUT2D eigenvalue weighted by atomic mass is 16.6. The maximum Gasteiger partial charge on any atom is 0.274 e. The normalized spacial score (nSPS) is 11.1. The molecule has 2 aromatic rings. The first-order valence-corrected chi connectivity index (χ1v) is 6.61. The minimum absolute atomic E-state index is 0.372. The van der Waals surface area contributed by atoms with E-state index in [-0.39, 0.29) is 0 Å². The lowest BCUT2D eigenvalue weighted by Gasteiger charge is -2.11. The molecule has 21 heavy (non-hydrogen) atoms. The minimum atomic E-state index is -0.478. The van der Waals surface area contributed by atoms with Crippen LogP contribution in [0.15, 0.2) is 61.1 Å². The molecule has 2 N–H and O–H groups in total. The molecule has 0 atom stereocenters. The van der Waals surface area contributed by atoms with Gasteiger partial charge in [-0.1, -0.05) is 18.2 Å². The second-order valence-electron chi connectivity index (χ2n) is 4.40. The molecule has 1 aromatic heterocycles. The van der Waals surface area contributed by atoms with Crippen LogP contribution in [0.25, 0.3) is 0 Å². The predicted octanol–water partition coefficient (Wildman–Crippen LogP) is 2.05. The second-order valence-corrected chi connectivity index (χ2v) is 4.40. The molecule has 2 rings (SSSR count). The number of imidazole rings is 1. The second kappa shape index (κ2) is 7.68. The van der Waals surface area contributed by atoms with Crippen molar-refractivity contribution in [2.45, 2.75) is 13.0 Å². The van der Waals surface area contributed by atoms with Gasteiger partial charge >= 0.3 is 0 Å². The Morgan fingerprint density at radius 2 is 2.19 bits per heavy atom. The predicted molar refractivity (Wildman–Crippen MR) is 80.0 cm³/mol. The third kappa shape index (κ3) is 5.35. The van der Waals surface area contributed by atoms with Crippen LogP contribution in [0, 0.1) is 10.1 Å². The van der Waals surface area contributed by atoms with Crippen molar-refractivity contribution in [1.29, 1.82) is 0 Å². The fourth-order valence-corrected chi connectivity index (χ4v) is 1.81. The van der Waals surface area contributed by atoms with Crippen LogP contribution in [0.3, 0.4) is 0 Å². The van der Waals surface area contributed by atoms with Gasteiger partial charge in [-0.05, 0) is 18.6 Å². The number of hydrogen-bond acceptors (Lipinski definition) is 5. The molecule has 0 spiro atoms. The van der Waals surface area contributed by atoms with Crippen LogP contribution in [0.5, 0.6) is 0 Å². The summed E-state index contributed by atoms with van der Waals surface area (Å²) in [5.41, 5.74) is 0.799. The third-order valence-corrected chi connectivity index (χ3v) is 2.76. The molecule has 7 heteroatoms. The Morgan fingerprint density at radius 1 is 1.38 bits per heavy atom. The van der Waals surface area contributed by atoms with E-state index < -0.39 is 4.92 Å². The fraction of sp³-hybridized carbons (Fsp3) is 0.214. The average molecular weight is 287 g/mol. The van der Waals surface area contributed by atoms with E-state index >= 15 is 0 Å². The number of aromatic nitrogens is 2. The van der Waals surface area contributed by atoms with Gasteiger partial charge in [-0.3, -0.25) is 10.1 Å². The van der Waals surface area contributed by atoms with E-state index in [2.05, 4.69) is 15.6 Å². The summed E-state index contributed by atoms with van der Waals surface area (Å²) < 4.78 is 1.96. The molecule has 1 heterocycles. The first-order valence-electron chi connectivity index (χ1n) is 6.61. The lowest BCUT2D eigenvalue weighted by atomic mass is 10.3. The Morgan fingerprint density at radius 3 is 2.86 bits per heavy atom. The molecule has 0 aliphatic carbocycles. The zero-order chi connectivity index (χ0) is 14.9. The standard InChI is InChI=1S/C14H17N5O2/c20-19(21)11-14(17-13-5-2-1-3-6-13)16-7-4-9-18-10-8-15-12-18/h1-3,5-6,8,10-12,16-17H,4,7,9H2/b14-11+. The molecule has 0 saturated heterocycles. The molecular weight excluding hydrogens is 270 g/mol. The van der Waals surface area contributed by atoms with Crippen molar-refractivity contribution >= 4 is 5.69 Å². The number of nitro groups is 1. The molecule has 0 amide bonds. The van der Waals surface area contributed by atoms with Gasteiger partial charge in [0.15, 0.2) is 5.82 Å². The number of anilines is 1. The molecule has 110 valence electrons. The van der Waals surface area contributed by atoms with Crippen LogP contribution in [0.4, 0.5) is 5.69 Å². The van der Waals surface area contributed by atoms with Gasteiger partial charge in [0.1, 0.15) is 0 Å². The molecule has 0 bridgehead atoms. The quantitative estimate of drug-likeness (QED) is 0.441.